The van der Waals surface area contributed by atoms with Gasteiger partial charge < -0.3 is 9.32 Å². The molecular weight excluding hydrogens is 663 g/mol. The van der Waals surface area contributed by atoms with Crippen LogP contribution in [-0.4, -0.2) is 6.04 Å². The third kappa shape index (κ3) is 5.23. The van der Waals surface area contributed by atoms with E-state index in [4.69, 9.17) is 4.42 Å². The number of fused-ring (bicyclic) bond motifs is 9. The van der Waals surface area contributed by atoms with Crippen LogP contribution in [0.1, 0.15) is 25.3 Å². The Bertz CT molecular complexity index is 3000. The van der Waals surface area contributed by atoms with Crippen molar-refractivity contribution in [3.63, 3.8) is 0 Å². The maximum Gasteiger partial charge on any atom is 0.143 e. The molecule has 2 nitrogen and oxygen atoms in total. The van der Waals surface area contributed by atoms with Crippen molar-refractivity contribution in [1.82, 2.24) is 0 Å². The van der Waals surface area contributed by atoms with Crippen LogP contribution in [0.3, 0.4) is 0 Å². The molecule has 10 aromatic rings. The first kappa shape index (κ1) is 31.6. The monoisotopic (exact) mass is 699 g/mol. The van der Waals surface area contributed by atoms with Gasteiger partial charge in [-0.2, -0.15) is 0 Å². The van der Waals surface area contributed by atoms with Gasteiger partial charge >= 0.3 is 0 Å². The van der Waals surface area contributed by atoms with Crippen LogP contribution < -0.4 is 4.90 Å². The molecule has 254 valence electrons. The summed E-state index contributed by atoms with van der Waals surface area (Å²) in [6.45, 7) is 4.51. The van der Waals surface area contributed by atoms with E-state index in [9.17, 15) is 0 Å². The molecule has 0 bridgehead atoms. The van der Waals surface area contributed by atoms with E-state index in [1.807, 2.05) is 11.3 Å². The molecule has 53 heavy (non-hydrogen) atoms. The zero-order valence-corrected chi connectivity index (χ0v) is 30.5. The smallest absolute Gasteiger partial charge is 0.143 e. The maximum absolute atomic E-state index is 6.66. The summed E-state index contributed by atoms with van der Waals surface area (Å²) in [5, 5.41) is 9.81. The fourth-order valence-corrected chi connectivity index (χ4v) is 9.54. The minimum absolute atomic E-state index is 0.00163. The van der Waals surface area contributed by atoms with Crippen molar-refractivity contribution < 1.29 is 4.42 Å². The van der Waals surface area contributed by atoms with E-state index >= 15 is 0 Å². The molecule has 0 saturated carbocycles. The molecule has 0 aliphatic rings. The van der Waals surface area contributed by atoms with Gasteiger partial charge in [-0.3, -0.25) is 0 Å². The molecule has 10 rings (SSSR count). The average Bonchev–Trinajstić information content (AvgIpc) is 3.79. The molecule has 2 unspecified atom stereocenters. The molecule has 0 spiro atoms. The first-order valence-corrected chi connectivity index (χ1v) is 19.2. The van der Waals surface area contributed by atoms with Gasteiger partial charge in [0.25, 0.3) is 0 Å². The third-order valence-corrected chi connectivity index (χ3v) is 12.1. The predicted octanol–water partition coefficient (Wildman–Crippen LogP) is 14.8. The summed E-state index contributed by atoms with van der Waals surface area (Å²) in [4.78, 5) is 2.54. The molecule has 2 heterocycles. The highest BCUT2D eigenvalue weighted by Gasteiger charge is 2.28. The predicted molar refractivity (Wildman–Crippen MR) is 229 cm³/mol. The second-order valence-corrected chi connectivity index (χ2v) is 15.1. The lowest BCUT2D eigenvalue weighted by atomic mass is 9.87. The van der Waals surface area contributed by atoms with Crippen molar-refractivity contribution in [2.75, 3.05) is 4.90 Å². The van der Waals surface area contributed by atoms with E-state index in [0.29, 0.717) is 0 Å². The van der Waals surface area contributed by atoms with Crippen LogP contribution >= 0.6 is 11.3 Å². The Morgan fingerprint density at radius 3 is 2.08 bits per heavy atom. The Balaban J connectivity index is 1.16. The Morgan fingerprint density at radius 1 is 0.566 bits per heavy atom. The summed E-state index contributed by atoms with van der Waals surface area (Å²) < 4.78 is 9.28. The van der Waals surface area contributed by atoms with Crippen molar-refractivity contribution >= 4 is 86.4 Å². The first-order chi connectivity index (χ1) is 26.2. The third-order valence-electron chi connectivity index (χ3n) is 11.0. The summed E-state index contributed by atoms with van der Waals surface area (Å²) >= 11 is 1.86. The zero-order chi connectivity index (χ0) is 35.5. The van der Waals surface area contributed by atoms with Crippen molar-refractivity contribution in [2.45, 2.75) is 25.8 Å². The maximum atomic E-state index is 6.66. The number of thiophene rings is 1. The van der Waals surface area contributed by atoms with Crippen LogP contribution in [0.4, 0.5) is 11.4 Å². The molecule has 0 amide bonds. The van der Waals surface area contributed by atoms with Crippen molar-refractivity contribution in [3.05, 3.63) is 182 Å². The lowest BCUT2D eigenvalue weighted by molar-refractivity contribution is 0.646. The van der Waals surface area contributed by atoms with Gasteiger partial charge in [0, 0.05) is 53.6 Å². The molecule has 0 aliphatic heterocycles. The van der Waals surface area contributed by atoms with Gasteiger partial charge in [-0.25, -0.2) is 0 Å². The zero-order valence-electron chi connectivity index (χ0n) is 29.7. The summed E-state index contributed by atoms with van der Waals surface area (Å²) in [7, 11) is 0. The number of anilines is 2. The standard InChI is InChI=1S/C50H37NOS/c1-3-12-45(32(2)38-19-11-21-46-49(38)43-29-25-34-14-5-7-17-41(34)50(43)52-46)51(37-28-30-48-44(31-37)42-18-8-9-22-47(42)53-48)36-26-23-35(24-27-36)40-20-10-15-33-13-4-6-16-39(33)40/h3-32,45H,1-2H3/b12-3-. The first-order valence-electron chi connectivity index (χ1n) is 18.4. The second-order valence-electron chi connectivity index (χ2n) is 14.0. The molecule has 2 atom stereocenters. The quantitative estimate of drug-likeness (QED) is 0.154. The van der Waals surface area contributed by atoms with Gasteiger partial charge in [0.1, 0.15) is 11.2 Å². The lowest BCUT2D eigenvalue weighted by Gasteiger charge is -2.36. The van der Waals surface area contributed by atoms with Crippen LogP contribution in [0.25, 0.3) is 74.8 Å². The molecule has 0 aliphatic carbocycles. The summed E-state index contributed by atoms with van der Waals surface area (Å²) in [5.74, 6) is 0.106. The fourth-order valence-electron chi connectivity index (χ4n) is 8.45. The molecule has 0 fully saturated rings. The number of hydrogen-bond acceptors (Lipinski definition) is 3. The highest BCUT2D eigenvalue weighted by Crippen LogP contribution is 2.44. The van der Waals surface area contributed by atoms with Gasteiger partial charge in [-0.05, 0) is 88.3 Å². The lowest BCUT2D eigenvalue weighted by Crippen LogP contribution is -2.34. The van der Waals surface area contributed by atoms with Crippen LogP contribution in [-0.2, 0) is 0 Å². The molecule has 8 aromatic carbocycles. The molecule has 0 saturated heterocycles. The Hall–Kier alpha value is -6.16. The molecule has 0 N–H and O–H groups in total. The fraction of sp³-hybridized carbons (Fsp3) is 0.0800. The van der Waals surface area contributed by atoms with Crippen LogP contribution in [0.2, 0.25) is 0 Å². The minimum atomic E-state index is 0.00163. The highest BCUT2D eigenvalue weighted by molar-refractivity contribution is 7.25. The van der Waals surface area contributed by atoms with Gasteiger partial charge in [0.2, 0.25) is 0 Å². The number of benzene rings is 8. The average molecular weight is 700 g/mol. The van der Waals surface area contributed by atoms with Gasteiger partial charge in [-0.1, -0.05) is 134 Å². The number of hydrogen-bond donors (Lipinski definition) is 0. The van der Waals surface area contributed by atoms with Crippen LogP contribution in [0.15, 0.2) is 180 Å². The second kappa shape index (κ2) is 12.8. The van der Waals surface area contributed by atoms with Crippen molar-refractivity contribution in [3.8, 4) is 11.1 Å². The number of nitrogens with zero attached hydrogens (tertiary/aromatic N) is 1. The van der Waals surface area contributed by atoms with E-state index in [1.165, 1.54) is 64.1 Å². The van der Waals surface area contributed by atoms with Gasteiger partial charge in [0.15, 0.2) is 0 Å². The van der Waals surface area contributed by atoms with Crippen molar-refractivity contribution in [2.24, 2.45) is 0 Å². The summed E-state index contributed by atoms with van der Waals surface area (Å²) in [5.41, 5.74) is 7.94. The Morgan fingerprint density at radius 2 is 1.25 bits per heavy atom. The highest BCUT2D eigenvalue weighted by atomic mass is 32.1. The van der Waals surface area contributed by atoms with Crippen LogP contribution in [0.5, 0.6) is 0 Å². The molecule has 2 aromatic heterocycles. The SMILES string of the molecule is C/C=C\C(C(C)c1cccc2oc3c4ccccc4ccc3c12)N(c1ccc(-c2cccc3ccccc23)cc1)c1ccc2sc3ccccc3c2c1. The summed E-state index contributed by atoms with van der Waals surface area (Å²) in [6, 6.07) is 59.7. The molecular formula is C50H37NOS. The summed E-state index contributed by atoms with van der Waals surface area (Å²) in [6.07, 6.45) is 4.58. The largest absolute Gasteiger partial charge is 0.455 e. The van der Waals surface area contributed by atoms with E-state index < -0.39 is 0 Å². The van der Waals surface area contributed by atoms with E-state index in [1.54, 1.807) is 0 Å². The Labute approximate surface area is 312 Å². The molecule has 0 radical (unpaired) electrons. The normalized spacial score (nSPS) is 13.2. The van der Waals surface area contributed by atoms with E-state index in [2.05, 4.69) is 195 Å². The topological polar surface area (TPSA) is 16.4 Å². The van der Waals surface area contributed by atoms with Gasteiger partial charge in [0.05, 0.1) is 6.04 Å². The van der Waals surface area contributed by atoms with Crippen LogP contribution in [0, 0.1) is 0 Å². The van der Waals surface area contributed by atoms with E-state index in [0.717, 1.165) is 27.6 Å². The number of furan rings is 1. The molecule has 3 heteroatoms. The van der Waals surface area contributed by atoms with E-state index in [-0.39, 0.29) is 12.0 Å². The minimum Gasteiger partial charge on any atom is -0.455 e. The Kier molecular flexibility index (Phi) is 7.63. The number of allylic oxidation sites excluding steroid dienone is 1. The van der Waals surface area contributed by atoms with Gasteiger partial charge in [-0.15, -0.1) is 11.3 Å². The number of rotatable bonds is 7. The van der Waals surface area contributed by atoms with Crippen molar-refractivity contribution in [1.29, 1.82) is 0 Å².